The lowest BCUT2D eigenvalue weighted by atomic mass is 10.0. The molecule has 0 amide bonds. The van der Waals surface area contributed by atoms with Gasteiger partial charge in [-0.1, -0.05) is 48.5 Å². The first-order valence-corrected chi connectivity index (χ1v) is 10.9. The third-order valence-corrected chi connectivity index (χ3v) is 5.95. The largest absolute Gasteiger partial charge is 0.416 e. The van der Waals surface area contributed by atoms with E-state index in [1.54, 1.807) is 0 Å². The summed E-state index contributed by atoms with van der Waals surface area (Å²) in [5.41, 5.74) is 7.51. The van der Waals surface area contributed by atoms with Gasteiger partial charge < -0.3 is 8.83 Å². The normalized spacial score (nSPS) is 11.5. The fourth-order valence-electron chi connectivity index (χ4n) is 4.24. The van der Waals surface area contributed by atoms with Crippen molar-refractivity contribution in [1.82, 2.24) is 20.4 Å². The van der Waals surface area contributed by atoms with Crippen LogP contribution in [0, 0.1) is 0 Å². The Bertz CT molecular complexity index is 1440. The van der Waals surface area contributed by atoms with Gasteiger partial charge in [-0.25, -0.2) is 0 Å². The number of fused-ring (bicyclic) bond motifs is 18. The molecule has 7 rings (SSSR count). The fraction of sp³-hybridized carbons (Fsp3) is 0. The van der Waals surface area contributed by atoms with Crippen molar-refractivity contribution in [3.05, 3.63) is 97.1 Å². The minimum atomic E-state index is 0.475. The minimum Gasteiger partial charge on any atom is -0.416 e. The van der Waals surface area contributed by atoms with Crippen molar-refractivity contribution in [2.75, 3.05) is 0 Å². The van der Waals surface area contributed by atoms with Crippen molar-refractivity contribution in [3.8, 4) is 68.1 Å². The highest BCUT2D eigenvalue weighted by Crippen LogP contribution is 2.33. The Labute approximate surface area is 194 Å². The highest BCUT2D eigenvalue weighted by Gasteiger charge is 2.15. The number of hydrogen-bond donors (Lipinski definition) is 0. The van der Waals surface area contributed by atoms with E-state index in [0.29, 0.717) is 23.6 Å². The monoisotopic (exact) mass is 440 g/mol. The van der Waals surface area contributed by atoms with Crippen molar-refractivity contribution in [3.63, 3.8) is 0 Å². The van der Waals surface area contributed by atoms with Crippen molar-refractivity contribution < 1.29 is 8.83 Å². The summed E-state index contributed by atoms with van der Waals surface area (Å²) in [7, 11) is 0. The highest BCUT2D eigenvalue weighted by molar-refractivity contribution is 5.76. The first-order valence-electron chi connectivity index (χ1n) is 10.9. The van der Waals surface area contributed by atoms with E-state index in [1.165, 1.54) is 0 Å². The van der Waals surface area contributed by atoms with Gasteiger partial charge in [0.25, 0.3) is 0 Å². The lowest BCUT2D eigenvalue weighted by Crippen LogP contribution is -1.84. The molecule has 0 saturated heterocycles. The smallest absolute Gasteiger partial charge is 0.248 e. The van der Waals surface area contributed by atoms with Crippen LogP contribution in [0.25, 0.3) is 68.1 Å². The maximum Gasteiger partial charge on any atom is 0.248 e. The predicted octanol–water partition coefficient (Wildman–Crippen LogP) is 6.77. The number of hydrogen-bond acceptors (Lipinski definition) is 6. The van der Waals surface area contributed by atoms with Gasteiger partial charge in [0, 0.05) is 22.3 Å². The third kappa shape index (κ3) is 3.12. The van der Waals surface area contributed by atoms with E-state index < -0.39 is 0 Å². The van der Waals surface area contributed by atoms with Crippen LogP contribution in [0.5, 0.6) is 0 Å². The zero-order valence-electron chi connectivity index (χ0n) is 17.8. The van der Waals surface area contributed by atoms with E-state index in [2.05, 4.69) is 20.4 Å². The average Bonchev–Trinajstić information content (AvgIpc) is 3.60. The van der Waals surface area contributed by atoms with Gasteiger partial charge in [-0.15, -0.1) is 20.4 Å². The molecule has 6 aromatic rings. The van der Waals surface area contributed by atoms with Crippen LogP contribution in [0.3, 0.4) is 0 Å². The van der Waals surface area contributed by atoms with Gasteiger partial charge in [0.05, 0.1) is 0 Å². The number of aromatic nitrogens is 4. The first-order chi connectivity index (χ1) is 16.8. The molecule has 1 aliphatic rings. The van der Waals surface area contributed by atoms with Crippen molar-refractivity contribution in [2.45, 2.75) is 0 Å². The molecular formula is C28H16N4O2. The van der Waals surface area contributed by atoms with Gasteiger partial charge in [-0.05, 0) is 70.8 Å². The summed E-state index contributed by atoms with van der Waals surface area (Å²) in [4.78, 5) is 0. The van der Waals surface area contributed by atoms with Crippen molar-refractivity contribution >= 4 is 0 Å². The molecule has 12 bridgehead atoms. The molecule has 6 nitrogen and oxygen atoms in total. The van der Waals surface area contributed by atoms with Crippen molar-refractivity contribution in [2.24, 2.45) is 0 Å². The lowest BCUT2D eigenvalue weighted by molar-refractivity contribution is 0.584. The summed E-state index contributed by atoms with van der Waals surface area (Å²) in [6.45, 7) is 0. The molecule has 0 aliphatic carbocycles. The molecule has 4 aromatic carbocycles. The zero-order chi connectivity index (χ0) is 22.5. The molecule has 0 unspecified atom stereocenters. The molecule has 0 radical (unpaired) electrons. The van der Waals surface area contributed by atoms with Crippen LogP contribution in [-0.2, 0) is 0 Å². The topological polar surface area (TPSA) is 77.8 Å². The van der Waals surface area contributed by atoms with Crippen LogP contribution in [0.2, 0.25) is 0 Å². The highest BCUT2D eigenvalue weighted by atomic mass is 16.4. The van der Waals surface area contributed by atoms with Gasteiger partial charge in [-0.3, -0.25) is 0 Å². The first kappa shape index (κ1) is 18.7. The quantitative estimate of drug-likeness (QED) is 0.259. The fourth-order valence-corrected chi connectivity index (χ4v) is 4.24. The minimum absolute atomic E-state index is 0.475. The van der Waals surface area contributed by atoms with Gasteiger partial charge in [0.2, 0.25) is 23.6 Å². The number of benzene rings is 4. The Morgan fingerprint density at radius 3 is 0.824 bits per heavy atom. The standard InChI is InChI=1S/C28H16N4O2/c1-5-17-13-21(9-1)25-29-30-26(33-25)23-11-3-7-19(15-23)20-8-4-12-24(16-20)28-32-31-27(34-28)22-10-2-6-18(17)14-22/h1-16H. The van der Waals surface area contributed by atoms with Crippen LogP contribution in [0.15, 0.2) is 106 Å². The second-order valence-corrected chi connectivity index (χ2v) is 8.15. The van der Waals surface area contributed by atoms with Crippen molar-refractivity contribution in [1.29, 1.82) is 0 Å². The molecule has 1 aliphatic heterocycles. The van der Waals surface area contributed by atoms with Gasteiger partial charge in [0.1, 0.15) is 0 Å². The van der Waals surface area contributed by atoms with E-state index in [4.69, 9.17) is 8.83 Å². The van der Waals surface area contributed by atoms with E-state index in [9.17, 15) is 0 Å². The van der Waals surface area contributed by atoms with E-state index in [-0.39, 0.29) is 0 Å². The second kappa shape index (κ2) is 7.35. The summed E-state index contributed by atoms with van der Waals surface area (Å²) in [6, 6.07) is 32.2. The molecule has 160 valence electrons. The predicted molar refractivity (Wildman–Crippen MR) is 128 cm³/mol. The molecule has 34 heavy (non-hydrogen) atoms. The summed E-state index contributed by atoms with van der Waals surface area (Å²) in [5, 5.41) is 17.3. The maximum absolute atomic E-state index is 6.08. The Balaban J connectivity index is 1.48. The van der Waals surface area contributed by atoms with Gasteiger partial charge in [-0.2, -0.15) is 0 Å². The lowest BCUT2D eigenvalue weighted by Gasteiger charge is -2.06. The summed E-state index contributed by atoms with van der Waals surface area (Å²) in [6.07, 6.45) is 0. The van der Waals surface area contributed by atoms with E-state index in [1.807, 2.05) is 97.1 Å². The van der Waals surface area contributed by atoms with Gasteiger partial charge in [0.15, 0.2) is 0 Å². The third-order valence-electron chi connectivity index (χ3n) is 5.95. The van der Waals surface area contributed by atoms with E-state index in [0.717, 1.165) is 44.5 Å². The summed E-state index contributed by atoms with van der Waals surface area (Å²) < 4.78 is 12.2. The summed E-state index contributed by atoms with van der Waals surface area (Å²) in [5.74, 6) is 1.90. The zero-order valence-corrected chi connectivity index (χ0v) is 17.8. The Kier molecular flexibility index (Phi) is 4.04. The molecular weight excluding hydrogens is 424 g/mol. The Hall–Kier alpha value is -4.84. The van der Waals surface area contributed by atoms with E-state index >= 15 is 0 Å². The second-order valence-electron chi connectivity index (χ2n) is 8.15. The number of nitrogens with zero attached hydrogens (tertiary/aromatic N) is 4. The SMILES string of the molecule is c1cc2cc(c1)-c1nnc(o1)-c1cccc(c1)-c1cccc(c1)-c1nnc(o1)-c1cccc-2c1. The van der Waals surface area contributed by atoms with Crippen LogP contribution < -0.4 is 0 Å². The molecule has 3 heterocycles. The molecule has 6 heteroatoms. The molecule has 0 atom stereocenters. The van der Waals surface area contributed by atoms with Crippen LogP contribution in [0.1, 0.15) is 0 Å². The molecule has 0 fully saturated rings. The molecule has 0 spiro atoms. The molecule has 0 saturated carbocycles. The summed E-state index contributed by atoms with van der Waals surface area (Å²) >= 11 is 0. The van der Waals surface area contributed by atoms with Crippen LogP contribution >= 0.6 is 0 Å². The molecule has 0 N–H and O–H groups in total. The average molecular weight is 440 g/mol. The number of rotatable bonds is 0. The van der Waals surface area contributed by atoms with Crippen LogP contribution in [0.4, 0.5) is 0 Å². The van der Waals surface area contributed by atoms with Gasteiger partial charge >= 0.3 is 0 Å². The maximum atomic E-state index is 6.08. The Morgan fingerprint density at radius 2 is 0.559 bits per heavy atom. The van der Waals surface area contributed by atoms with Crippen LogP contribution in [-0.4, -0.2) is 20.4 Å². The Morgan fingerprint density at radius 1 is 0.324 bits per heavy atom. The molecule has 2 aromatic heterocycles.